The van der Waals surface area contributed by atoms with Gasteiger partial charge in [-0.3, -0.25) is 13.9 Å². The Hall–Kier alpha value is -3.07. The van der Waals surface area contributed by atoms with E-state index in [9.17, 15) is 18.0 Å². The van der Waals surface area contributed by atoms with Crippen LogP contribution in [0.4, 0.5) is 5.69 Å². The zero-order valence-corrected chi connectivity index (χ0v) is 26.0. The number of nitrogens with one attached hydrogen (secondary N) is 1. The van der Waals surface area contributed by atoms with E-state index in [4.69, 9.17) is 23.2 Å². The van der Waals surface area contributed by atoms with E-state index in [1.54, 1.807) is 30.3 Å². The van der Waals surface area contributed by atoms with Gasteiger partial charge in [-0.1, -0.05) is 92.0 Å². The molecule has 0 spiro atoms. The molecule has 0 saturated heterocycles. The molecule has 7 nitrogen and oxygen atoms in total. The number of sulfonamides is 1. The van der Waals surface area contributed by atoms with E-state index in [1.165, 1.54) is 4.90 Å². The van der Waals surface area contributed by atoms with E-state index in [-0.39, 0.29) is 18.9 Å². The van der Waals surface area contributed by atoms with Crippen molar-refractivity contribution in [2.24, 2.45) is 0 Å². The van der Waals surface area contributed by atoms with Crippen molar-refractivity contribution < 1.29 is 18.0 Å². The van der Waals surface area contributed by atoms with Crippen molar-refractivity contribution in [3.63, 3.8) is 0 Å². The highest BCUT2D eigenvalue weighted by atomic mass is 35.5. The highest BCUT2D eigenvalue weighted by Crippen LogP contribution is 2.28. The molecular weight excluding hydrogens is 581 g/mol. The summed E-state index contributed by atoms with van der Waals surface area (Å²) < 4.78 is 26.9. The number of amides is 2. The first-order valence-electron chi connectivity index (χ1n) is 13.7. The van der Waals surface area contributed by atoms with Crippen LogP contribution >= 0.6 is 23.2 Å². The smallest absolute Gasteiger partial charge is 0.244 e. The molecule has 0 fully saturated rings. The Morgan fingerprint density at radius 3 is 2.07 bits per heavy atom. The Bertz CT molecular complexity index is 1400. The summed E-state index contributed by atoms with van der Waals surface area (Å²) in [5.74, 6) is -0.894. The Labute approximate surface area is 253 Å². The summed E-state index contributed by atoms with van der Waals surface area (Å²) >= 11 is 13.0. The lowest BCUT2D eigenvalue weighted by Gasteiger charge is -2.34. The summed E-state index contributed by atoms with van der Waals surface area (Å²) in [6.45, 7) is 3.90. The molecule has 1 N–H and O–H groups in total. The van der Waals surface area contributed by atoms with E-state index in [1.807, 2.05) is 56.3 Å². The number of rotatable bonds is 14. The second-order valence-corrected chi connectivity index (χ2v) is 12.6. The molecule has 10 heteroatoms. The van der Waals surface area contributed by atoms with E-state index >= 15 is 0 Å². The van der Waals surface area contributed by atoms with E-state index in [2.05, 4.69) is 5.32 Å². The van der Waals surface area contributed by atoms with Crippen molar-refractivity contribution in [1.82, 2.24) is 10.2 Å². The van der Waals surface area contributed by atoms with E-state index in [0.29, 0.717) is 27.8 Å². The van der Waals surface area contributed by atoms with Crippen LogP contribution in [0.5, 0.6) is 0 Å². The molecule has 1 atom stereocenters. The zero-order valence-electron chi connectivity index (χ0n) is 23.6. The molecule has 220 valence electrons. The number of hydrogen-bond acceptors (Lipinski definition) is 4. The molecule has 0 aromatic heterocycles. The average molecular weight is 619 g/mol. The Balaban J connectivity index is 2.07. The SMILES string of the molecule is CCCCNC(=O)C(Cc1ccccc1)N(Cc1c(Cl)cccc1Cl)C(=O)CN(c1ccc(CC)cc1)S(C)(=O)=O. The predicted molar refractivity (Wildman–Crippen MR) is 167 cm³/mol. The normalized spacial score (nSPS) is 12.0. The number of anilines is 1. The molecule has 0 aliphatic carbocycles. The van der Waals surface area contributed by atoms with Crippen LogP contribution in [0.25, 0.3) is 0 Å². The van der Waals surface area contributed by atoms with Gasteiger partial charge in [0.05, 0.1) is 11.9 Å². The number of halogens is 2. The first-order valence-corrected chi connectivity index (χ1v) is 16.3. The van der Waals surface area contributed by atoms with Crippen LogP contribution in [0.15, 0.2) is 72.8 Å². The van der Waals surface area contributed by atoms with E-state index in [0.717, 1.165) is 41.0 Å². The quantitative estimate of drug-likeness (QED) is 0.229. The van der Waals surface area contributed by atoms with Crippen molar-refractivity contribution in [2.75, 3.05) is 23.7 Å². The van der Waals surface area contributed by atoms with Gasteiger partial charge in [-0.2, -0.15) is 0 Å². The molecule has 0 heterocycles. The molecule has 41 heavy (non-hydrogen) atoms. The van der Waals surface area contributed by atoms with Gasteiger partial charge in [0.2, 0.25) is 21.8 Å². The van der Waals surface area contributed by atoms with Gasteiger partial charge in [0.1, 0.15) is 12.6 Å². The number of hydrogen-bond donors (Lipinski definition) is 1. The second kappa shape index (κ2) is 15.2. The molecule has 0 radical (unpaired) electrons. The third-order valence-electron chi connectivity index (χ3n) is 6.80. The van der Waals surface area contributed by atoms with Gasteiger partial charge in [-0.25, -0.2) is 8.42 Å². The van der Waals surface area contributed by atoms with Gasteiger partial charge < -0.3 is 10.2 Å². The van der Waals surface area contributed by atoms with Crippen LogP contribution in [0.3, 0.4) is 0 Å². The molecular formula is C31H37Cl2N3O4S. The van der Waals surface area contributed by atoms with Crippen LogP contribution in [-0.2, 0) is 39.0 Å². The maximum absolute atomic E-state index is 14.1. The monoisotopic (exact) mass is 617 g/mol. The molecule has 0 bridgehead atoms. The maximum Gasteiger partial charge on any atom is 0.244 e. The summed E-state index contributed by atoms with van der Waals surface area (Å²) in [5.41, 5.74) is 2.72. The molecule has 3 aromatic rings. The van der Waals surface area contributed by atoms with Crippen molar-refractivity contribution >= 4 is 50.7 Å². The largest absolute Gasteiger partial charge is 0.354 e. The lowest BCUT2D eigenvalue weighted by atomic mass is 10.0. The molecule has 3 aromatic carbocycles. The number of unbranched alkanes of at least 4 members (excludes halogenated alkanes) is 1. The molecule has 0 saturated carbocycles. The highest BCUT2D eigenvalue weighted by Gasteiger charge is 2.33. The minimum Gasteiger partial charge on any atom is -0.354 e. The number of nitrogens with zero attached hydrogens (tertiary/aromatic N) is 2. The minimum absolute atomic E-state index is 0.0809. The van der Waals surface area contributed by atoms with Crippen LogP contribution in [0, 0.1) is 0 Å². The third kappa shape index (κ3) is 9.21. The van der Waals surface area contributed by atoms with Gasteiger partial charge >= 0.3 is 0 Å². The highest BCUT2D eigenvalue weighted by molar-refractivity contribution is 7.92. The van der Waals surface area contributed by atoms with Crippen molar-refractivity contribution in [3.05, 3.63) is 99.5 Å². The number of carbonyl (C=O) groups excluding carboxylic acids is 2. The second-order valence-electron chi connectivity index (χ2n) is 9.86. The lowest BCUT2D eigenvalue weighted by Crippen LogP contribution is -2.53. The topological polar surface area (TPSA) is 86.8 Å². The average Bonchev–Trinajstić information content (AvgIpc) is 2.95. The first kappa shape index (κ1) is 32.4. The molecule has 2 amide bonds. The van der Waals surface area contributed by atoms with Crippen molar-refractivity contribution in [1.29, 1.82) is 0 Å². The summed E-state index contributed by atoms with van der Waals surface area (Å²) in [6, 6.07) is 20.5. The fourth-order valence-corrected chi connectivity index (χ4v) is 5.79. The fraction of sp³-hybridized carbons (Fsp3) is 0.355. The van der Waals surface area contributed by atoms with Gasteiger partial charge in [0.15, 0.2) is 0 Å². The van der Waals surface area contributed by atoms with Gasteiger partial charge in [-0.05, 0) is 48.2 Å². The zero-order chi connectivity index (χ0) is 30.0. The molecule has 0 aliphatic heterocycles. The minimum atomic E-state index is -3.84. The lowest BCUT2D eigenvalue weighted by molar-refractivity contribution is -0.140. The summed E-state index contributed by atoms with van der Waals surface area (Å²) in [4.78, 5) is 29.2. The summed E-state index contributed by atoms with van der Waals surface area (Å²) in [6.07, 6.45) is 3.74. The molecule has 0 aliphatic rings. The number of aryl methyl sites for hydroxylation is 1. The van der Waals surface area contributed by atoms with Crippen LogP contribution in [0.1, 0.15) is 43.4 Å². The van der Waals surface area contributed by atoms with Gasteiger partial charge in [0, 0.05) is 35.1 Å². The molecule has 1 unspecified atom stereocenters. The molecule has 3 rings (SSSR count). The van der Waals surface area contributed by atoms with Gasteiger partial charge in [-0.15, -0.1) is 0 Å². The van der Waals surface area contributed by atoms with Crippen molar-refractivity contribution in [2.45, 2.75) is 52.1 Å². The number of carbonyl (C=O) groups is 2. The Morgan fingerprint density at radius 2 is 1.51 bits per heavy atom. The Morgan fingerprint density at radius 1 is 0.878 bits per heavy atom. The fourth-order valence-electron chi connectivity index (χ4n) is 4.43. The summed E-state index contributed by atoms with van der Waals surface area (Å²) in [5, 5.41) is 3.64. The van der Waals surface area contributed by atoms with Crippen LogP contribution in [0.2, 0.25) is 10.0 Å². The van der Waals surface area contributed by atoms with Crippen LogP contribution < -0.4 is 9.62 Å². The maximum atomic E-state index is 14.1. The first-order chi connectivity index (χ1) is 19.5. The predicted octanol–water partition coefficient (Wildman–Crippen LogP) is 5.88. The van der Waals surface area contributed by atoms with Gasteiger partial charge in [0.25, 0.3) is 0 Å². The number of benzene rings is 3. The van der Waals surface area contributed by atoms with Crippen LogP contribution in [-0.4, -0.2) is 50.5 Å². The standard InChI is InChI=1S/C31H37Cl2N3O4S/c1-4-6-19-34-31(38)29(20-24-11-8-7-9-12-24)35(21-26-27(32)13-10-14-28(26)33)30(37)22-36(41(3,39)40)25-17-15-23(5-2)16-18-25/h7-18,29H,4-6,19-22H2,1-3H3,(H,34,38). The van der Waals surface area contributed by atoms with Crippen molar-refractivity contribution in [3.8, 4) is 0 Å². The Kier molecular flexibility index (Phi) is 12.1. The summed E-state index contributed by atoms with van der Waals surface area (Å²) in [7, 11) is -3.84. The third-order valence-corrected chi connectivity index (χ3v) is 8.65. The van der Waals surface area contributed by atoms with E-state index < -0.39 is 28.5 Å².